The smallest absolute Gasteiger partial charge is 0.185 e. The second kappa shape index (κ2) is 5.57. The van der Waals surface area contributed by atoms with Gasteiger partial charge in [0.2, 0.25) is 0 Å². The van der Waals surface area contributed by atoms with E-state index in [1.807, 2.05) is 0 Å². The first-order chi connectivity index (χ1) is 7.58. The molecular weight excluding hydrogens is 269 g/mol. The second-order valence-corrected chi connectivity index (χ2v) is 4.57. The summed E-state index contributed by atoms with van der Waals surface area (Å²) >= 11 is 12.6. The average Bonchev–Trinajstić information content (AvgIpc) is 2.58. The van der Waals surface area contributed by atoms with E-state index in [4.69, 9.17) is 39.5 Å². The summed E-state index contributed by atoms with van der Waals surface area (Å²) in [7, 11) is 0. The number of nitrogens with zero attached hydrogens (tertiary/aromatic N) is 3. The molecule has 0 saturated heterocycles. The first-order valence-electron chi connectivity index (χ1n) is 3.93. The first-order valence-corrected chi connectivity index (χ1v) is 5.50. The average molecular weight is 274 g/mol. The maximum absolute atomic E-state index is 8.71. The molecule has 0 atom stereocenters. The lowest BCUT2D eigenvalue weighted by atomic mass is 10.3. The Kier molecular flexibility index (Phi) is 4.39. The van der Waals surface area contributed by atoms with Gasteiger partial charge in [-0.1, -0.05) is 23.2 Å². The van der Waals surface area contributed by atoms with Crippen LogP contribution in [0.5, 0.6) is 0 Å². The third kappa shape index (κ3) is 3.01. The monoisotopic (exact) mass is 273 g/mol. The lowest BCUT2D eigenvalue weighted by molar-refractivity contribution is 0.838. The number of halogens is 2. The van der Waals surface area contributed by atoms with Crippen molar-refractivity contribution in [1.29, 1.82) is 10.5 Å². The van der Waals surface area contributed by atoms with Crippen LogP contribution in [-0.2, 0) is 6.54 Å². The topological polar surface area (TPSA) is 98.5 Å². The number of aromatic nitrogens is 1. The molecule has 1 aromatic rings. The van der Waals surface area contributed by atoms with Gasteiger partial charge in [0.05, 0.1) is 11.4 Å². The summed E-state index contributed by atoms with van der Waals surface area (Å²) in [6, 6.07) is 3.45. The molecule has 1 aromatic heterocycles. The van der Waals surface area contributed by atoms with E-state index in [9.17, 15) is 0 Å². The molecule has 0 saturated carbocycles. The van der Waals surface area contributed by atoms with Crippen molar-refractivity contribution >= 4 is 34.5 Å². The number of allylic oxidation sites excluding steroid dienone is 2. The third-order valence-corrected chi connectivity index (χ3v) is 3.14. The molecule has 0 radical (unpaired) electrons. The highest BCUT2D eigenvalue weighted by atomic mass is 35.5. The molecule has 0 unspecified atom stereocenters. The fourth-order valence-corrected chi connectivity index (χ4v) is 2.17. The molecule has 0 spiro atoms. The molecule has 1 rings (SSSR count). The maximum atomic E-state index is 8.71. The predicted octanol–water partition coefficient (Wildman–Crippen LogP) is 1.76. The van der Waals surface area contributed by atoms with E-state index < -0.39 is 0 Å². The fraction of sp³-hybridized carbons (Fsp3) is 0.125. The summed E-state index contributed by atoms with van der Waals surface area (Å²) in [6.07, 6.45) is 0. The Hall–Kier alpha value is -1.47. The van der Waals surface area contributed by atoms with Crippen LogP contribution in [-0.4, -0.2) is 4.98 Å². The minimum Gasteiger partial charge on any atom is -0.388 e. The molecule has 16 heavy (non-hydrogen) atoms. The van der Waals surface area contributed by atoms with Crippen molar-refractivity contribution < 1.29 is 0 Å². The van der Waals surface area contributed by atoms with Gasteiger partial charge in [-0.3, -0.25) is 0 Å². The number of nitriles is 2. The SMILES string of the molecule is N#C/C(N)=C(\C#N)NCc1sc(Cl)nc1Cl. The molecule has 0 aromatic carbocycles. The van der Waals surface area contributed by atoms with Gasteiger partial charge in [-0.2, -0.15) is 10.5 Å². The lowest BCUT2D eigenvalue weighted by Crippen LogP contribution is -2.16. The quantitative estimate of drug-likeness (QED) is 0.818. The van der Waals surface area contributed by atoms with Gasteiger partial charge in [-0.05, 0) is 0 Å². The molecule has 5 nitrogen and oxygen atoms in total. The first kappa shape index (κ1) is 12.6. The number of hydrogen-bond acceptors (Lipinski definition) is 6. The van der Waals surface area contributed by atoms with E-state index in [-0.39, 0.29) is 23.1 Å². The largest absolute Gasteiger partial charge is 0.388 e. The van der Waals surface area contributed by atoms with Crippen LogP contribution in [0.25, 0.3) is 0 Å². The zero-order chi connectivity index (χ0) is 12.1. The van der Waals surface area contributed by atoms with Crippen molar-refractivity contribution in [3.63, 3.8) is 0 Å². The molecule has 0 aliphatic heterocycles. The molecule has 82 valence electrons. The number of nitrogens with one attached hydrogen (secondary N) is 1. The molecule has 0 amide bonds. The van der Waals surface area contributed by atoms with Crippen molar-refractivity contribution in [2.45, 2.75) is 6.54 Å². The summed E-state index contributed by atoms with van der Waals surface area (Å²) in [6.45, 7) is 0.245. The molecule has 1 heterocycles. The normalized spacial score (nSPS) is 11.2. The summed E-state index contributed by atoms with van der Waals surface area (Å²) in [5.41, 5.74) is 5.13. The Morgan fingerprint density at radius 2 is 2.12 bits per heavy atom. The van der Waals surface area contributed by atoms with Gasteiger partial charge in [0.1, 0.15) is 28.7 Å². The molecule has 0 aliphatic rings. The van der Waals surface area contributed by atoms with Crippen LogP contribution in [0.4, 0.5) is 0 Å². The van der Waals surface area contributed by atoms with Gasteiger partial charge in [0.15, 0.2) is 4.47 Å². The Labute approximate surface area is 106 Å². The van der Waals surface area contributed by atoms with Crippen molar-refractivity contribution in [2.75, 3.05) is 0 Å². The number of rotatable bonds is 3. The predicted molar refractivity (Wildman–Crippen MR) is 61.4 cm³/mol. The van der Waals surface area contributed by atoms with Gasteiger partial charge in [0, 0.05) is 0 Å². The summed E-state index contributed by atoms with van der Waals surface area (Å²) < 4.78 is 0.317. The lowest BCUT2D eigenvalue weighted by Gasteiger charge is -2.02. The van der Waals surface area contributed by atoms with Crippen LogP contribution in [0.3, 0.4) is 0 Å². The minimum atomic E-state index is -0.172. The summed E-state index contributed by atoms with van der Waals surface area (Å²) in [5.74, 6) is 0. The number of hydrogen-bond donors (Lipinski definition) is 2. The van der Waals surface area contributed by atoms with Crippen LogP contribution >= 0.6 is 34.5 Å². The standard InChI is InChI=1S/C8H5Cl2N5S/c9-7-6(16-8(10)15-7)3-14-5(2-12)4(13)1-11/h14H,3,13H2/b5-4-. The highest BCUT2D eigenvalue weighted by Crippen LogP contribution is 2.26. The molecule has 0 aliphatic carbocycles. The molecule has 3 N–H and O–H groups in total. The van der Waals surface area contributed by atoms with Crippen LogP contribution in [0.1, 0.15) is 4.88 Å². The summed E-state index contributed by atoms with van der Waals surface area (Å²) in [4.78, 5) is 4.47. The van der Waals surface area contributed by atoms with Crippen LogP contribution in [0.15, 0.2) is 11.4 Å². The van der Waals surface area contributed by atoms with Gasteiger partial charge in [-0.25, -0.2) is 4.98 Å². The Morgan fingerprint density at radius 1 is 1.44 bits per heavy atom. The van der Waals surface area contributed by atoms with Crippen LogP contribution in [0.2, 0.25) is 9.62 Å². The molecule has 0 bridgehead atoms. The van der Waals surface area contributed by atoms with E-state index in [0.717, 1.165) is 0 Å². The summed E-state index contributed by atoms with van der Waals surface area (Å²) in [5, 5.41) is 20.2. The Bertz CT molecular complexity index is 507. The van der Waals surface area contributed by atoms with Crippen LogP contribution < -0.4 is 11.1 Å². The van der Waals surface area contributed by atoms with Crippen LogP contribution in [0, 0.1) is 22.7 Å². The zero-order valence-corrected chi connectivity index (χ0v) is 10.1. The van der Waals surface area contributed by atoms with E-state index >= 15 is 0 Å². The Morgan fingerprint density at radius 3 is 2.56 bits per heavy atom. The second-order valence-electron chi connectivity index (χ2n) is 2.55. The fourth-order valence-electron chi connectivity index (χ4n) is 0.835. The van der Waals surface area contributed by atoms with E-state index in [2.05, 4.69) is 10.3 Å². The highest BCUT2D eigenvalue weighted by molar-refractivity contribution is 7.16. The number of thiazole rings is 1. The van der Waals surface area contributed by atoms with Gasteiger partial charge in [0.25, 0.3) is 0 Å². The van der Waals surface area contributed by atoms with Crippen molar-refractivity contribution in [2.24, 2.45) is 5.73 Å². The molecule has 8 heteroatoms. The van der Waals surface area contributed by atoms with Crippen molar-refractivity contribution in [1.82, 2.24) is 10.3 Å². The number of nitrogens with two attached hydrogens (primary N) is 1. The van der Waals surface area contributed by atoms with E-state index in [0.29, 0.717) is 9.34 Å². The zero-order valence-electron chi connectivity index (χ0n) is 7.79. The third-order valence-electron chi connectivity index (χ3n) is 1.55. The van der Waals surface area contributed by atoms with E-state index in [1.165, 1.54) is 11.3 Å². The van der Waals surface area contributed by atoms with E-state index in [1.54, 1.807) is 12.1 Å². The minimum absolute atomic E-state index is 0.00286. The van der Waals surface area contributed by atoms with Crippen molar-refractivity contribution in [3.8, 4) is 12.1 Å². The van der Waals surface area contributed by atoms with Crippen molar-refractivity contribution in [3.05, 3.63) is 25.9 Å². The maximum Gasteiger partial charge on any atom is 0.185 e. The Balaban J connectivity index is 2.76. The highest BCUT2D eigenvalue weighted by Gasteiger charge is 2.09. The molecule has 0 fully saturated rings. The van der Waals surface area contributed by atoms with Gasteiger partial charge >= 0.3 is 0 Å². The van der Waals surface area contributed by atoms with Gasteiger partial charge < -0.3 is 11.1 Å². The van der Waals surface area contributed by atoms with Gasteiger partial charge in [-0.15, -0.1) is 11.3 Å². The molecular formula is C8H5Cl2N5S.